The number of nitrogen functional groups attached to an aromatic ring is 2. The monoisotopic (exact) mass is 1040 g/mol. The lowest BCUT2D eigenvalue weighted by molar-refractivity contribution is -0.434. The van der Waals surface area contributed by atoms with Crippen LogP contribution < -0.4 is 11.5 Å². The zero-order valence-corrected chi connectivity index (χ0v) is 36.9. The third-order valence-corrected chi connectivity index (χ3v) is 14.0. The SMILES string of the molecule is Nc1c(N=Nc2cc(SOOO)ccc2S(=O)(=O)O)cc(N=Nc2ccc(S(=O)(=O)CCOSOOO)cc2S(=O)(=O)O)c(N)c1N=Nc1ccc(S(=O)(=O)CCOS(=O)(=O)O)cc1. The van der Waals surface area contributed by atoms with Crippen molar-refractivity contribution in [1.82, 2.24) is 0 Å². The van der Waals surface area contributed by atoms with Crippen LogP contribution in [0.3, 0.4) is 0 Å². The Morgan fingerprint density at radius 3 is 1.67 bits per heavy atom. The molecule has 0 aliphatic rings. The second-order valence-electron chi connectivity index (χ2n) is 11.5. The second-order valence-corrected chi connectivity index (χ2v) is 20.9. The molecule has 9 N–H and O–H groups in total. The van der Waals surface area contributed by atoms with Crippen molar-refractivity contribution in [2.24, 2.45) is 30.7 Å². The zero-order chi connectivity index (χ0) is 47.5. The first kappa shape index (κ1) is 51.9. The van der Waals surface area contributed by atoms with Gasteiger partial charge in [0.05, 0.1) is 63.6 Å². The number of azo groups is 3. The van der Waals surface area contributed by atoms with Crippen LogP contribution in [0.5, 0.6) is 0 Å². The minimum Gasteiger partial charge on any atom is -0.395 e. The van der Waals surface area contributed by atoms with Crippen molar-refractivity contribution >= 4 is 120 Å². The number of nitrogens with zero attached hydrogens (tertiary/aromatic N) is 6. The van der Waals surface area contributed by atoms with E-state index in [0.29, 0.717) is 18.1 Å². The molecule has 0 saturated carbocycles. The number of hydrogen-bond donors (Lipinski definition) is 7. The molecule has 348 valence electrons. The minimum absolute atomic E-state index is 0.0472. The van der Waals surface area contributed by atoms with E-state index in [-0.39, 0.29) is 27.8 Å². The van der Waals surface area contributed by atoms with Crippen LogP contribution in [-0.4, -0.2) is 91.0 Å². The molecule has 4 aromatic carbocycles. The molecule has 0 fully saturated rings. The van der Waals surface area contributed by atoms with Gasteiger partial charge in [-0.25, -0.2) is 31.5 Å². The Balaban J connectivity index is 1.83. The second kappa shape index (κ2) is 22.0. The van der Waals surface area contributed by atoms with Crippen LogP contribution in [0, 0.1) is 0 Å². The summed E-state index contributed by atoms with van der Waals surface area (Å²) in [6.07, 6.45) is 0. The van der Waals surface area contributed by atoms with Crippen LogP contribution in [0.4, 0.5) is 45.5 Å². The summed E-state index contributed by atoms with van der Waals surface area (Å²) in [7, 11) is -23.5. The molecule has 29 nitrogen and oxygen atoms in total. The molecule has 0 unspecified atom stereocenters. The summed E-state index contributed by atoms with van der Waals surface area (Å²) in [6.45, 7) is -1.45. The van der Waals surface area contributed by atoms with Gasteiger partial charge in [0.2, 0.25) is 0 Å². The predicted octanol–water partition coefficient (Wildman–Crippen LogP) is 5.39. The van der Waals surface area contributed by atoms with Gasteiger partial charge in [-0.2, -0.15) is 30.4 Å². The molecular formula is C28H28N8O21S7. The third kappa shape index (κ3) is 14.9. The molecule has 4 rings (SSSR count). The topological polar surface area (TPSA) is 453 Å². The number of sulfone groups is 2. The van der Waals surface area contributed by atoms with Gasteiger partial charge in [-0.15, -0.1) is 34.2 Å². The highest BCUT2D eigenvalue weighted by molar-refractivity contribution is 7.94. The van der Waals surface area contributed by atoms with E-state index in [1.807, 2.05) is 0 Å². The Morgan fingerprint density at radius 2 is 1.09 bits per heavy atom. The van der Waals surface area contributed by atoms with Crippen molar-refractivity contribution in [3.8, 4) is 0 Å². The van der Waals surface area contributed by atoms with Gasteiger partial charge < -0.3 is 11.5 Å². The predicted molar refractivity (Wildman–Crippen MR) is 217 cm³/mol. The molecule has 4 aromatic rings. The molecule has 0 saturated heterocycles. The molecule has 0 aliphatic heterocycles. The quantitative estimate of drug-likeness (QED) is 0.00931. The van der Waals surface area contributed by atoms with Crippen molar-refractivity contribution in [2.75, 3.05) is 36.2 Å². The lowest BCUT2D eigenvalue weighted by Gasteiger charge is -2.10. The van der Waals surface area contributed by atoms with E-state index in [9.17, 15) is 51.2 Å². The van der Waals surface area contributed by atoms with Gasteiger partial charge in [-0.3, -0.25) is 17.8 Å². The van der Waals surface area contributed by atoms with E-state index >= 15 is 0 Å². The number of rotatable bonds is 23. The van der Waals surface area contributed by atoms with Crippen molar-refractivity contribution < 1.29 is 93.4 Å². The van der Waals surface area contributed by atoms with Crippen molar-refractivity contribution in [3.63, 3.8) is 0 Å². The summed E-state index contributed by atoms with van der Waals surface area (Å²) in [6, 6.07) is 10.8. The summed E-state index contributed by atoms with van der Waals surface area (Å²) < 4.78 is 167. The lowest BCUT2D eigenvalue weighted by atomic mass is 10.2. The number of anilines is 2. The zero-order valence-electron chi connectivity index (χ0n) is 31.1. The van der Waals surface area contributed by atoms with Gasteiger partial charge in [0.15, 0.2) is 32.0 Å². The maximum absolute atomic E-state index is 12.8. The summed E-state index contributed by atoms with van der Waals surface area (Å²) in [5.74, 6) is -1.60. The summed E-state index contributed by atoms with van der Waals surface area (Å²) >= 11 is 0.459. The molecule has 0 spiro atoms. The van der Waals surface area contributed by atoms with Crippen molar-refractivity contribution in [1.29, 1.82) is 0 Å². The van der Waals surface area contributed by atoms with E-state index in [1.165, 1.54) is 0 Å². The molecule has 0 amide bonds. The van der Waals surface area contributed by atoms with Gasteiger partial charge in [0.25, 0.3) is 20.2 Å². The molecule has 0 aromatic heterocycles. The summed E-state index contributed by atoms with van der Waals surface area (Å²) in [5.41, 5.74) is 9.17. The minimum atomic E-state index is -5.23. The highest BCUT2D eigenvalue weighted by Gasteiger charge is 2.24. The Kier molecular flexibility index (Phi) is 17.8. The first-order valence-electron chi connectivity index (χ1n) is 16.1. The molecule has 0 atom stereocenters. The van der Waals surface area contributed by atoms with Gasteiger partial charge in [-0.05, 0) is 66.7 Å². The Morgan fingerprint density at radius 1 is 0.547 bits per heavy atom. The third-order valence-electron chi connectivity index (χ3n) is 7.39. The van der Waals surface area contributed by atoms with Crippen LogP contribution in [0.25, 0.3) is 0 Å². The first-order chi connectivity index (χ1) is 29.9. The highest BCUT2D eigenvalue weighted by Crippen LogP contribution is 2.46. The number of benzene rings is 4. The standard InChI is InChI=1S/C28H28N8O21S7/c29-26-22(34-32-20-7-6-19(14-25(20)63(46,47)48)61(41,42)11-9-52-59-57-55-38)15-23(35-33-21-13-17(58-56-54-37)3-8-24(21)62(43,44)45)27(30)28(26)36-31-16-1-4-18(5-2-16)60(39,40)12-10-53-64(49,50)51/h1-8,13-15,37-38H,9-12,29-30H2,(H,43,44,45)(H,46,47,48)(H,49,50,51). The van der Waals surface area contributed by atoms with E-state index in [0.717, 1.165) is 60.7 Å². The lowest BCUT2D eigenvalue weighted by Crippen LogP contribution is -2.15. The Hall–Kier alpha value is -4.71. The molecular weight excluding hydrogens is 1010 g/mol. The molecule has 0 bridgehead atoms. The smallest absolute Gasteiger partial charge is 0.395 e. The van der Waals surface area contributed by atoms with Crippen LogP contribution in [0.1, 0.15) is 0 Å². The number of hydrogen-bond acceptors (Lipinski definition) is 28. The maximum Gasteiger partial charge on any atom is 0.397 e. The van der Waals surface area contributed by atoms with Crippen LogP contribution in [0.15, 0.2) is 122 Å². The van der Waals surface area contributed by atoms with Gasteiger partial charge >= 0.3 is 10.4 Å². The highest BCUT2D eigenvalue weighted by atomic mass is 32.3. The van der Waals surface area contributed by atoms with E-state index in [4.69, 9.17) is 30.7 Å². The summed E-state index contributed by atoms with van der Waals surface area (Å²) in [4.78, 5) is -2.72. The molecule has 0 aliphatic carbocycles. The molecule has 0 radical (unpaired) electrons. The Labute approximate surface area is 369 Å². The van der Waals surface area contributed by atoms with E-state index < -0.39 is 130 Å². The average Bonchev–Trinajstić information content (AvgIpc) is 3.21. The van der Waals surface area contributed by atoms with Crippen LogP contribution >= 0.6 is 24.4 Å². The van der Waals surface area contributed by atoms with Gasteiger partial charge in [0, 0.05) is 4.90 Å². The fourth-order valence-electron chi connectivity index (χ4n) is 4.56. The average molecular weight is 1040 g/mol. The normalized spacial score (nSPS) is 13.1. The van der Waals surface area contributed by atoms with Crippen LogP contribution in [-0.2, 0) is 77.4 Å². The first-order valence-corrected chi connectivity index (χ1v) is 25.1. The number of nitrogens with two attached hydrogens (primary N) is 2. The Bertz CT molecular complexity index is 3010. The van der Waals surface area contributed by atoms with Crippen molar-refractivity contribution in [2.45, 2.75) is 24.5 Å². The van der Waals surface area contributed by atoms with Crippen LogP contribution in [0.2, 0.25) is 0 Å². The fourth-order valence-corrected chi connectivity index (χ4v) is 9.20. The largest absolute Gasteiger partial charge is 0.397 e. The summed E-state index contributed by atoms with van der Waals surface area (Å²) in [5, 5.41) is 46.8. The molecule has 0 heterocycles. The van der Waals surface area contributed by atoms with Crippen molar-refractivity contribution in [3.05, 3.63) is 66.7 Å². The van der Waals surface area contributed by atoms with Gasteiger partial charge in [0.1, 0.15) is 38.2 Å². The molecule has 36 heteroatoms. The van der Waals surface area contributed by atoms with E-state index in [2.05, 4.69) is 53.6 Å². The fraction of sp³-hybridized carbons (Fsp3) is 0.143. The van der Waals surface area contributed by atoms with Gasteiger partial charge in [-0.1, -0.05) is 10.1 Å². The maximum atomic E-state index is 12.8. The molecule has 64 heavy (non-hydrogen) atoms. The van der Waals surface area contributed by atoms with E-state index in [1.54, 1.807) is 0 Å².